The zero-order valence-corrected chi connectivity index (χ0v) is 15.1. The lowest BCUT2D eigenvalue weighted by molar-refractivity contribution is -0.402. The van der Waals surface area contributed by atoms with Crippen LogP contribution in [0.15, 0.2) is 46.0 Å². The van der Waals surface area contributed by atoms with Crippen molar-refractivity contribution >= 4 is 23.3 Å². The van der Waals surface area contributed by atoms with Gasteiger partial charge < -0.3 is 14.5 Å². The quantitative estimate of drug-likeness (QED) is 0.394. The molecule has 9 nitrogen and oxygen atoms in total. The summed E-state index contributed by atoms with van der Waals surface area (Å²) in [5.41, 5.74) is 2.02. The average molecular weight is 385 g/mol. The van der Waals surface area contributed by atoms with Gasteiger partial charge in [0.1, 0.15) is 4.92 Å². The van der Waals surface area contributed by atoms with E-state index in [1.807, 2.05) is 24.3 Å². The Bertz CT molecular complexity index is 993. The number of rotatable bonds is 5. The minimum Gasteiger partial charge on any atom is -0.444 e. The molecule has 1 aliphatic heterocycles. The van der Waals surface area contributed by atoms with Crippen molar-refractivity contribution in [2.24, 2.45) is 0 Å². The molecule has 0 amide bonds. The van der Waals surface area contributed by atoms with Crippen molar-refractivity contribution in [2.45, 2.75) is 24.7 Å². The molecular weight excluding hydrogens is 370 g/mol. The summed E-state index contributed by atoms with van der Waals surface area (Å²) in [6.07, 6.45) is 0.191. The number of hydrogen-bond donors (Lipinski definition) is 1. The summed E-state index contributed by atoms with van der Waals surface area (Å²) in [7, 11) is 0. The number of anilines is 1. The van der Waals surface area contributed by atoms with Gasteiger partial charge in [-0.05, 0) is 18.6 Å². The van der Waals surface area contributed by atoms with E-state index >= 15 is 0 Å². The van der Waals surface area contributed by atoms with Crippen molar-refractivity contribution in [1.82, 2.24) is 15.2 Å². The zero-order chi connectivity index (χ0) is 18.8. The van der Waals surface area contributed by atoms with Gasteiger partial charge >= 0.3 is 5.88 Å². The van der Waals surface area contributed by atoms with Crippen molar-refractivity contribution < 1.29 is 14.1 Å². The van der Waals surface area contributed by atoms with E-state index < -0.39 is 11.2 Å². The maximum Gasteiger partial charge on any atom is 0.433 e. The number of aromatic nitrogens is 3. The van der Waals surface area contributed by atoms with Gasteiger partial charge in [-0.1, -0.05) is 36.9 Å². The number of hydrogen-bond acceptors (Lipinski definition) is 9. The summed E-state index contributed by atoms with van der Waals surface area (Å²) in [4.78, 5) is 14.8. The number of nitro groups is 1. The van der Waals surface area contributed by atoms with Gasteiger partial charge in [0.25, 0.3) is 0 Å². The summed E-state index contributed by atoms with van der Waals surface area (Å²) < 4.78 is 11.3. The van der Waals surface area contributed by atoms with Crippen molar-refractivity contribution in [3.05, 3.63) is 52.3 Å². The van der Waals surface area contributed by atoms with Crippen LogP contribution in [0.5, 0.6) is 5.88 Å². The first kappa shape index (κ1) is 17.3. The second-order valence-electron chi connectivity index (χ2n) is 5.72. The van der Waals surface area contributed by atoms with Crippen LogP contribution in [-0.4, -0.2) is 25.9 Å². The first-order valence-electron chi connectivity index (χ1n) is 8.30. The molecule has 0 saturated heterocycles. The van der Waals surface area contributed by atoms with Gasteiger partial charge in [-0.15, -0.1) is 10.2 Å². The number of fused-ring (bicyclic) bond motifs is 3. The molecule has 0 radical (unpaired) electrons. The number of nitrogens with zero attached hydrogens (tertiary/aromatic N) is 4. The largest absolute Gasteiger partial charge is 0.444 e. The molecule has 1 aliphatic rings. The van der Waals surface area contributed by atoms with Crippen LogP contribution in [0.25, 0.3) is 11.3 Å². The molecule has 3 aromatic rings. The molecule has 0 saturated carbocycles. The standard InChI is InChI=1S/C17H15N5O4S/c1-2-9-27-17-19-16-14(20-21-17)10-5-3-4-6-11(10)18-15(26-16)12-7-8-13(25-12)22(23)24/h3-8,15,18H,2,9H2,1H3/t15-/m0/s1. The van der Waals surface area contributed by atoms with Crippen LogP contribution in [0.2, 0.25) is 0 Å². The summed E-state index contributed by atoms with van der Waals surface area (Å²) in [6, 6.07) is 10.3. The number of para-hydroxylation sites is 1. The number of nitrogens with one attached hydrogen (secondary N) is 1. The van der Waals surface area contributed by atoms with Gasteiger partial charge in [0.2, 0.25) is 17.3 Å². The van der Waals surface area contributed by atoms with Crippen LogP contribution in [0.3, 0.4) is 0 Å². The third-order valence-electron chi connectivity index (χ3n) is 3.82. The summed E-state index contributed by atoms with van der Waals surface area (Å²) >= 11 is 1.49. The molecule has 27 heavy (non-hydrogen) atoms. The van der Waals surface area contributed by atoms with E-state index in [1.165, 1.54) is 23.9 Å². The highest BCUT2D eigenvalue weighted by Gasteiger charge is 2.29. The Morgan fingerprint density at radius 2 is 2.11 bits per heavy atom. The van der Waals surface area contributed by atoms with Gasteiger partial charge in [0.05, 0.1) is 6.07 Å². The van der Waals surface area contributed by atoms with Gasteiger partial charge in [0.15, 0.2) is 11.5 Å². The maximum absolute atomic E-state index is 10.9. The Labute approximate surface area is 158 Å². The van der Waals surface area contributed by atoms with Crippen LogP contribution in [0.4, 0.5) is 11.6 Å². The second-order valence-corrected chi connectivity index (χ2v) is 6.78. The topological polar surface area (TPSA) is 116 Å². The molecule has 3 heterocycles. The molecule has 1 atom stereocenters. The number of benzene rings is 1. The highest BCUT2D eigenvalue weighted by Crippen LogP contribution is 2.40. The molecule has 138 valence electrons. The van der Waals surface area contributed by atoms with E-state index in [9.17, 15) is 10.1 Å². The summed E-state index contributed by atoms with van der Waals surface area (Å²) in [5, 5.41) is 23.1. The van der Waals surface area contributed by atoms with Crippen molar-refractivity contribution in [3.8, 4) is 17.1 Å². The molecule has 0 spiro atoms. The normalized spacial score (nSPS) is 15.1. The van der Waals surface area contributed by atoms with Crippen LogP contribution in [0, 0.1) is 10.1 Å². The lowest BCUT2D eigenvalue weighted by Crippen LogP contribution is -2.16. The molecule has 0 bridgehead atoms. The Balaban J connectivity index is 1.76. The molecular formula is C17H15N5O4S. The van der Waals surface area contributed by atoms with Gasteiger partial charge in [-0.2, -0.15) is 4.98 Å². The van der Waals surface area contributed by atoms with Gasteiger partial charge in [-0.3, -0.25) is 10.1 Å². The van der Waals surface area contributed by atoms with E-state index in [-0.39, 0.29) is 11.6 Å². The lowest BCUT2D eigenvalue weighted by atomic mass is 10.1. The fourth-order valence-corrected chi connectivity index (χ4v) is 3.24. The zero-order valence-electron chi connectivity index (χ0n) is 14.3. The van der Waals surface area contributed by atoms with Crippen molar-refractivity contribution in [2.75, 3.05) is 11.1 Å². The molecule has 10 heteroatoms. The van der Waals surface area contributed by atoms with Crippen LogP contribution in [0.1, 0.15) is 25.3 Å². The monoisotopic (exact) mass is 385 g/mol. The lowest BCUT2D eigenvalue weighted by Gasteiger charge is -2.16. The van der Waals surface area contributed by atoms with Gasteiger partial charge in [0, 0.05) is 17.0 Å². The smallest absolute Gasteiger partial charge is 0.433 e. The van der Waals surface area contributed by atoms with Gasteiger partial charge in [-0.25, -0.2) is 0 Å². The average Bonchev–Trinajstić information content (AvgIpc) is 3.11. The predicted octanol–water partition coefficient (Wildman–Crippen LogP) is 4.05. The third-order valence-corrected chi connectivity index (χ3v) is 4.86. The first-order chi connectivity index (χ1) is 13.2. The molecule has 0 fully saturated rings. The summed E-state index contributed by atoms with van der Waals surface area (Å²) in [5.74, 6) is 1.08. The Hall–Kier alpha value is -3.14. The number of furan rings is 1. The minimum absolute atomic E-state index is 0.269. The van der Waals surface area contributed by atoms with Crippen LogP contribution >= 0.6 is 11.8 Å². The Morgan fingerprint density at radius 1 is 1.26 bits per heavy atom. The number of ether oxygens (including phenoxy) is 1. The van der Waals surface area contributed by atoms with E-state index in [0.29, 0.717) is 16.7 Å². The summed E-state index contributed by atoms with van der Waals surface area (Å²) in [6.45, 7) is 2.07. The molecule has 0 unspecified atom stereocenters. The fraction of sp³-hybridized carbons (Fsp3) is 0.235. The van der Waals surface area contributed by atoms with Crippen molar-refractivity contribution in [3.63, 3.8) is 0 Å². The molecule has 1 aromatic carbocycles. The number of thioether (sulfide) groups is 1. The highest BCUT2D eigenvalue weighted by atomic mass is 32.2. The fourth-order valence-electron chi connectivity index (χ4n) is 2.61. The van der Waals surface area contributed by atoms with Crippen LogP contribution < -0.4 is 10.1 Å². The maximum atomic E-state index is 10.9. The third kappa shape index (κ3) is 3.43. The van der Waals surface area contributed by atoms with Crippen LogP contribution in [-0.2, 0) is 0 Å². The minimum atomic E-state index is -0.790. The van der Waals surface area contributed by atoms with E-state index in [4.69, 9.17) is 9.15 Å². The molecule has 4 rings (SSSR count). The van der Waals surface area contributed by atoms with E-state index in [2.05, 4.69) is 27.4 Å². The Kier molecular flexibility index (Phi) is 4.63. The molecule has 2 aromatic heterocycles. The highest BCUT2D eigenvalue weighted by molar-refractivity contribution is 7.99. The first-order valence-corrected chi connectivity index (χ1v) is 9.28. The molecule has 1 N–H and O–H groups in total. The SMILES string of the molecule is CCCSc1nnc2c(n1)O[C@@H](c1ccc([N+](=O)[O-])o1)Nc1ccccc1-2. The molecule has 0 aliphatic carbocycles. The second kappa shape index (κ2) is 7.23. The van der Waals surface area contributed by atoms with E-state index in [1.54, 1.807) is 0 Å². The Morgan fingerprint density at radius 3 is 2.89 bits per heavy atom. The van der Waals surface area contributed by atoms with Crippen molar-refractivity contribution in [1.29, 1.82) is 0 Å². The predicted molar refractivity (Wildman–Crippen MR) is 98.6 cm³/mol. The van der Waals surface area contributed by atoms with E-state index in [0.717, 1.165) is 23.4 Å².